The molecule has 0 bridgehead atoms. The van der Waals surface area contributed by atoms with E-state index in [0.717, 1.165) is 16.0 Å². The van der Waals surface area contributed by atoms with E-state index < -0.39 is 0 Å². The van der Waals surface area contributed by atoms with Crippen molar-refractivity contribution in [2.75, 3.05) is 0 Å². The van der Waals surface area contributed by atoms with E-state index in [9.17, 15) is 9.90 Å². The van der Waals surface area contributed by atoms with Crippen molar-refractivity contribution in [2.45, 2.75) is 13.3 Å². The van der Waals surface area contributed by atoms with Gasteiger partial charge in [0.2, 0.25) is 0 Å². The molecule has 0 atom stereocenters. The molecule has 0 radical (unpaired) electrons. The zero-order valence-electron chi connectivity index (χ0n) is 8.93. The summed E-state index contributed by atoms with van der Waals surface area (Å²) in [5.74, 6) is 0.109. The monoisotopic (exact) mass is 232 g/mol. The highest BCUT2D eigenvalue weighted by Crippen LogP contribution is 2.31. The van der Waals surface area contributed by atoms with Crippen molar-refractivity contribution >= 4 is 17.6 Å². The van der Waals surface area contributed by atoms with Crippen molar-refractivity contribution in [3.05, 3.63) is 40.8 Å². The van der Waals surface area contributed by atoms with Gasteiger partial charge in [0.1, 0.15) is 5.75 Å². The Kier molecular flexibility index (Phi) is 3.06. The van der Waals surface area contributed by atoms with Crippen LogP contribution in [0.25, 0.3) is 10.4 Å². The fourth-order valence-electron chi connectivity index (χ4n) is 1.66. The number of aldehydes is 1. The minimum atomic E-state index is 0.109. The van der Waals surface area contributed by atoms with Crippen molar-refractivity contribution in [1.29, 1.82) is 0 Å². The molecule has 0 amide bonds. The molecule has 1 heterocycles. The van der Waals surface area contributed by atoms with Gasteiger partial charge < -0.3 is 5.11 Å². The minimum Gasteiger partial charge on any atom is -0.507 e. The summed E-state index contributed by atoms with van der Waals surface area (Å²) in [6.45, 7) is 1.96. The molecule has 82 valence electrons. The van der Waals surface area contributed by atoms with E-state index in [4.69, 9.17) is 0 Å². The van der Waals surface area contributed by atoms with Gasteiger partial charge in [-0.25, -0.2) is 0 Å². The van der Waals surface area contributed by atoms with Crippen LogP contribution in [0.1, 0.15) is 22.8 Å². The van der Waals surface area contributed by atoms with Gasteiger partial charge in [0.15, 0.2) is 6.29 Å². The summed E-state index contributed by atoms with van der Waals surface area (Å²) in [5.41, 5.74) is 2.17. The lowest BCUT2D eigenvalue weighted by Crippen LogP contribution is -1.90. The van der Waals surface area contributed by atoms with E-state index in [0.29, 0.717) is 18.3 Å². The molecule has 2 aromatic rings. The van der Waals surface area contributed by atoms with Gasteiger partial charge in [-0.3, -0.25) is 4.79 Å². The molecule has 0 aliphatic carbocycles. The Morgan fingerprint density at radius 1 is 1.44 bits per heavy atom. The first-order chi connectivity index (χ1) is 7.76. The number of carbonyl (C=O) groups is 1. The van der Waals surface area contributed by atoms with Crippen LogP contribution >= 0.6 is 11.3 Å². The van der Waals surface area contributed by atoms with Crippen LogP contribution in [-0.2, 0) is 6.42 Å². The van der Waals surface area contributed by atoms with Gasteiger partial charge in [0, 0.05) is 4.88 Å². The average Bonchev–Trinajstić information content (AvgIpc) is 2.83. The Morgan fingerprint density at radius 3 is 2.81 bits per heavy atom. The van der Waals surface area contributed by atoms with Gasteiger partial charge >= 0.3 is 0 Å². The van der Waals surface area contributed by atoms with E-state index >= 15 is 0 Å². The highest BCUT2D eigenvalue weighted by atomic mass is 32.1. The highest BCUT2D eigenvalue weighted by molar-refractivity contribution is 7.13. The standard InChI is InChI=1S/C13H12O2S/c1-2-9-6-10(12-4-3-5-16-12)7-11(8-14)13(9)15/h3-8,15H,2H2,1H3. The number of hydrogen-bond donors (Lipinski definition) is 1. The molecule has 3 heteroatoms. The molecule has 0 aliphatic heterocycles. The maximum atomic E-state index is 10.9. The zero-order chi connectivity index (χ0) is 11.5. The number of aryl methyl sites for hydroxylation is 1. The Morgan fingerprint density at radius 2 is 2.25 bits per heavy atom. The Balaban J connectivity index is 2.60. The van der Waals surface area contributed by atoms with Crippen molar-refractivity contribution in [3.8, 4) is 16.2 Å². The van der Waals surface area contributed by atoms with Crippen LogP contribution in [-0.4, -0.2) is 11.4 Å². The lowest BCUT2D eigenvalue weighted by atomic mass is 10.0. The Labute approximate surface area is 98.2 Å². The topological polar surface area (TPSA) is 37.3 Å². The predicted octanol–water partition coefficient (Wildman–Crippen LogP) is 3.50. The quantitative estimate of drug-likeness (QED) is 0.822. The number of hydrogen-bond acceptors (Lipinski definition) is 3. The molecule has 1 N–H and O–H groups in total. The summed E-state index contributed by atoms with van der Waals surface area (Å²) < 4.78 is 0. The second-order valence-corrected chi connectivity index (χ2v) is 4.47. The predicted molar refractivity (Wildman–Crippen MR) is 66.2 cm³/mol. The van der Waals surface area contributed by atoms with Gasteiger partial charge in [-0.1, -0.05) is 13.0 Å². The molecule has 1 aromatic carbocycles. The van der Waals surface area contributed by atoms with Crippen molar-refractivity contribution in [2.24, 2.45) is 0 Å². The number of benzene rings is 1. The Hall–Kier alpha value is -1.61. The minimum absolute atomic E-state index is 0.109. The maximum Gasteiger partial charge on any atom is 0.153 e. The van der Waals surface area contributed by atoms with Gasteiger partial charge in [0.25, 0.3) is 0 Å². The van der Waals surface area contributed by atoms with Gasteiger partial charge in [-0.05, 0) is 41.1 Å². The molecule has 0 unspecified atom stereocenters. The van der Waals surface area contributed by atoms with Crippen molar-refractivity contribution < 1.29 is 9.90 Å². The van der Waals surface area contributed by atoms with Gasteiger partial charge in [-0.15, -0.1) is 11.3 Å². The zero-order valence-corrected chi connectivity index (χ0v) is 9.75. The largest absolute Gasteiger partial charge is 0.507 e. The number of rotatable bonds is 3. The summed E-state index contributed by atoms with van der Waals surface area (Å²) in [5, 5.41) is 11.8. The van der Waals surface area contributed by atoms with Gasteiger partial charge in [0.05, 0.1) is 5.56 Å². The average molecular weight is 232 g/mol. The Bertz CT molecular complexity index is 501. The third-order valence-electron chi connectivity index (χ3n) is 2.53. The fraction of sp³-hybridized carbons (Fsp3) is 0.154. The molecular formula is C13H12O2S. The van der Waals surface area contributed by atoms with E-state index in [1.165, 1.54) is 0 Å². The number of aromatic hydroxyl groups is 1. The second-order valence-electron chi connectivity index (χ2n) is 3.52. The lowest BCUT2D eigenvalue weighted by molar-refractivity contribution is 0.112. The molecule has 1 aromatic heterocycles. The highest BCUT2D eigenvalue weighted by Gasteiger charge is 2.09. The lowest BCUT2D eigenvalue weighted by Gasteiger charge is -2.07. The molecule has 0 aliphatic rings. The summed E-state index contributed by atoms with van der Waals surface area (Å²) in [6, 6.07) is 7.64. The SMILES string of the molecule is CCc1cc(-c2cccs2)cc(C=O)c1O. The van der Waals surface area contributed by atoms with Crippen LogP contribution in [0.5, 0.6) is 5.75 Å². The second kappa shape index (κ2) is 4.49. The van der Waals surface area contributed by atoms with Crippen LogP contribution in [0.2, 0.25) is 0 Å². The molecule has 2 nitrogen and oxygen atoms in total. The molecule has 0 fully saturated rings. The van der Waals surface area contributed by atoms with E-state index in [2.05, 4.69) is 0 Å². The van der Waals surface area contributed by atoms with Crippen molar-refractivity contribution in [3.63, 3.8) is 0 Å². The first-order valence-electron chi connectivity index (χ1n) is 5.11. The molecule has 0 saturated carbocycles. The maximum absolute atomic E-state index is 10.9. The van der Waals surface area contributed by atoms with Crippen LogP contribution in [0.15, 0.2) is 29.6 Å². The molecule has 0 spiro atoms. The summed E-state index contributed by atoms with van der Waals surface area (Å²) in [6.07, 6.45) is 1.41. The number of phenolic OH excluding ortho intramolecular Hbond substituents is 1. The van der Waals surface area contributed by atoms with Crippen LogP contribution in [0.3, 0.4) is 0 Å². The first-order valence-corrected chi connectivity index (χ1v) is 5.99. The smallest absolute Gasteiger partial charge is 0.153 e. The van der Waals surface area contributed by atoms with E-state index in [1.807, 2.05) is 30.5 Å². The van der Waals surface area contributed by atoms with Crippen LogP contribution in [0.4, 0.5) is 0 Å². The third-order valence-corrected chi connectivity index (χ3v) is 3.45. The molecule has 16 heavy (non-hydrogen) atoms. The normalized spacial score (nSPS) is 10.3. The molecule has 2 rings (SSSR count). The van der Waals surface area contributed by atoms with Crippen LogP contribution in [0, 0.1) is 0 Å². The third kappa shape index (κ3) is 1.86. The number of phenols is 1. The van der Waals surface area contributed by atoms with E-state index in [-0.39, 0.29) is 5.75 Å². The fourth-order valence-corrected chi connectivity index (χ4v) is 2.38. The summed E-state index contributed by atoms with van der Waals surface area (Å²) in [4.78, 5) is 12.0. The van der Waals surface area contributed by atoms with E-state index in [1.54, 1.807) is 17.4 Å². The van der Waals surface area contributed by atoms with Gasteiger partial charge in [-0.2, -0.15) is 0 Å². The first kappa shape index (κ1) is 10.9. The molecular weight excluding hydrogens is 220 g/mol. The summed E-state index contributed by atoms with van der Waals surface area (Å²) >= 11 is 1.62. The number of carbonyl (C=O) groups excluding carboxylic acids is 1. The molecule has 0 saturated heterocycles. The van der Waals surface area contributed by atoms with Crippen LogP contribution < -0.4 is 0 Å². The van der Waals surface area contributed by atoms with Crippen molar-refractivity contribution in [1.82, 2.24) is 0 Å². The number of thiophene rings is 1. The summed E-state index contributed by atoms with van der Waals surface area (Å²) in [7, 11) is 0.